The third-order valence-electron chi connectivity index (χ3n) is 2.62. The van der Waals surface area contributed by atoms with Gasteiger partial charge in [-0.25, -0.2) is 22.6 Å². The first kappa shape index (κ1) is 13.9. The summed E-state index contributed by atoms with van der Waals surface area (Å²) in [6.45, 7) is 3.23. The molecule has 0 bridgehead atoms. The van der Waals surface area contributed by atoms with E-state index in [9.17, 15) is 13.2 Å². The molecule has 0 saturated heterocycles. The molecule has 0 aliphatic heterocycles. The van der Waals surface area contributed by atoms with Crippen LogP contribution in [0.2, 0.25) is 0 Å². The van der Waals surface area contributed by atoms with Gasteiger partial charge in [-0.05, 0) is 6.92 Å². The predicted octanol–water partition coefficient (Wildman–Crippen LogP) is -0.373. The summed E-state index contributed by atoms with van der Waals surface area (Å²) in [6, 6.07) is 0. The van der Waals surface area contributed by atoms with Crippen molar-refractivity contribution in [1.29, 1.82) is 0 Å². The summed E-state index contributed by atoms with van der Waals surface area (Å²) in [4.78, 5) is 16.0. The minimum Gasteiger partial charge on any atom is -0.245 e. The van der Waals surface area contributed by atoms with Gasteiger partial charge in [0, 0.05) is 5.88 Å². The Morgan fingerprint density at radius 2 is 2.05 bits per heavy atom. The van der Waals surface area contributed by atoms with E-state index in [-0.39, 0.29) is 34.7 Å². The van der Waals surface area contributed by atoms with E-state index in [0.29, 0.717) is 0 Å². The lowest BCUT2D eigenvalue weighted by molar-refractivity contribution is 0.542. The van der Waals surface area contributed by atoms with E-state index in [1.807, 2.05) is 0 Å². The number of alkyl halides is 1. The summed E-state index contributed by atoms with van der Waals surface area (Å²) >= 11 is 5.55. The number of hydrogen-bond donors (Lipinski definition) is 0. The average molecular weight is 306 g/mol. The Bertz CT molecular complexity index is 779. The molecule has 2 aromatic rings. The molecule has 2 aromatic heterocycles. The van der Waals surface area contributed by atoms with Gasteiger partial charge in [0.2, 0.25) is 10.7 Å². The van der Waals surface area contributed by atoms with Crippen LogP contribution in [0.4, 0.5) is 0 Å². The van der Waals surface area contributed by atoms with Crippen LogP contribution < -0.4 is 5.69 Å². The largest absolute Gasteiger partial charge is 0.353 e. The average Bonchev–Trinajstić information content (AvgIpc) is 2.72. The molecule has 0 N–H and O–H groups in total. The first-order chi connectivity index (χ1) is 8.92. The van der Waals surface area contributed by atoms with E-state index < -0.39 is 15.5 Å². The summed E-state index contributed by atoms with van der Waals surface area (Å²) in [5.74, 6) is 0.338. The number of fused-ring (bicyclic) bond motifs is 1. The molecular formula is C9H12ClN5O3S. The van der Waals surface area contributed by atoms with Crippen molar-refractivity contribution in [2.75, 3.05) is 11.6 Å². The van der Waals surface area contributed by atoms with Gasteiger partial charge >= 0.3 is 5.69 Å². The Morgan fingerprint density at radius 1 is 1.37 bits per heavy atom. The van der Waals surface area contributed by atoms with Crippen LogP contribution in [0.1, 0.15) is 12.7 Å². The molecule has 0 radical (unpaired) electrons. The van der Waals surface area contributed by atoms with E-state index in [4.69, 9.17) is 11.6 Å². The molecule has 2 rings (SSSR count). The molecule has 0 saturated carbocycles. The van der Waals surface area contributed by atoms with Crippen molar-refractivity contribution >= 4 is 27.1 Å². The molecule has 104 valence electrons. The Balaban J connectivity index is 2.82. The number of hydrogen-bond acceptors (Lipinski definition) is 6. The quantitative estimate of drug-likeness (QED) is 0.714. The highest BCUT2D eigenvalue weighted by atomic mass is 35.5. The fourth-order valence-electron chi connectivity index (χ4n) is 1.63. The molecule has 10 heteroatoms. The summed E-state index contributed by atoms with van der Waals surface area (Å²) in [7, 11) is -3.55. The minimum absolute atomic E-state index is 0.0461. The fraction of sp³-hybridized carbons (Fsp3) is 0.556. The maximum Gasteiger partial charge on any atom is 0.353 e. The molecule has 0 aromatic carbocycles. The molecule has 2 heterocycles. The Labute approximate surface area is 113 Å². The molecule has 19 heavy (non-hydrogen) atoms. The second-order valence-corrected chi connectivity index (χ2v) is 6.38. The van der Waals surface area contributed by atoms with Crippen LogP contribution in [0, 0.1) is 6.92 Å². The lowest BCUT2D eigenvalue weighted by atomic mass is 10.7. The van der Waals surface area contributed by atoms with E-state index in [2.05, 4.69) is 15.3 Å². The molecule has 0 unspecified atom stereocenters. The van der Waals surface area contributed by atoms with Crippen molar-refractivity contribution in [3.63, 3.8) is 0 Å². The minimum atomic E-state index is -3.55. The summed E-state index contributed by atoms with van der Waals surface area (Å²) in [5.41, 5.74) is -0.552. The summed E-state index contributed by atoms with van der Waals surface area (Å²) in [5, 5.41) is 7.22. The molecule has 0 fully saturated rings. The van der Waals surface area contributed by atoms with E-state index >= 15 is 0 Å². The van der Waals surface area contributed by atoms with Crippen LogP contribution in [-0.2, 0) is 16.4 Å². The number of nitrogens with zero attached hydrogens (tertiary/aromatic N) is 5. The van der Waals surface area contributed by atoms with Crippen molar-refractivity contribution in [2.24, 2.45) is 0 Å². The van der Waals surface area contributed by atoms with Crippen LogP contribution in [0.15, 0.2) is 9.82 Å². The van der Waals surface area contributed by atoms with E-state index in [1.165, 1.54) is 13.8 Å². The molecule has 0 atom stereocenters. The Hall–Kier alpha value is -1.48. The van der Waals surface area contributed by atoms with Gasteiger partial charge in [0.05, 0.1) is 12.3 Å². The SMILES string of the molecule is CCS(=O)(=O)c1nc(C)n2c(=O)n(CCCl)nnc12. The van der Waals surface area contributed by atoms with Crippen molar-refractivity contribution in [2.45, 2.75) is 25.4 Å². The Morgan fingerprint density at radius 3 is 2.63 bits per heavy atom. The molecule has 0 spiro atoms. The van der Waals surface area contributed by atoms with Gasteiger partial charge in [-0.15, -0.1) is 16.7 Å². The highest BCUT2D eigenvalue weighted by Gasteiger charge is 2.24. The van der Waals surface area contributed by atoms with Gasteiger partial charge in [-0.3, -0.25) is 0 Å². The molecule has 0 amide bonds. The maximum atomic E-state index is 12.1. The normalized spacial score (nSPS) is 12.2. The second-order valence-electron chi connectivity index (χ2n) is 3.81. The van der Waals surface area contributed by atoms with Crippen molar-refractivity contribution in [3.8, 4) is 0 Å². The lowest BCUT2D eigenvalue weighted by Gasteiger charge is -2.01. The number of rotatable bonds is 4. The van der Waals surface area contributed by atoms with Crippen molar-refractivity contribution < 1.29 is 8.42 Å². The van der Waals surface area contributed by atoms with E-state index in [1.54, 1.807) is 0 Å². The smallest absolute Gasteiger partial charge is 0.245 e. The van der Waals surface area contributed by atoms with Crippen LogP contribution in [-0.4, -0.2) is 44.4 Å². The van der Waals surface area contributed by atoms with E-state index in [0.717, 1.165) is 9.08 Å². The van der Waals surface area contributed by atoms with Crippen LogP contribution in [0.5, 0.6) is 0 Å². The monoisotopic (exact) mass is 305 g/mol. The van der Waals surface area contributed by atoms with Crippen molar-refractivity contribution in [1.82, 2.24) is 24.4 Å². The van der Waals surface area contributed by atoms with Gasteiger partial charge in [-0.1, -0.05) is 12.1 Å². The fourth-order valence-corrected chi connectivity index (χ4v) is 2.74. The van der Waals surface area contributed by atoms with Gasteiger partial charge in [-0.2, -0.15) is 4.68 Å². The molecular weight excluding hydrogens is 294 g/mol. The third kappa shape index (κ3) is 2.23. The first-order valence-electron chi connectivity index (χ1n) is 5.54. The molecule has 8 nitrogen and oxygen atoms in total. The predicted molar refractivity (Wildman–Crippen MR) is 68.2 cm³/mol. The highest BCUT2D eigenvalue weighted by molar-refractivity contribution is 7.91. The van der Waals surface area contributed by atoms with Gasteiger partial charge in [0.15, 0.2) is 9.84 Å². The standard InChI is InChI=1S/C9H12ClN5O3S/c1-3-19(17,18)8-7-12-13-14(5-4-10)9(16)15(7)6(2)11-8/h3-5H2,1-2H3. The highest BCUT2D eigenvalue weighted by Crippen LogP contribution is 2.14. The topological polar surface area (TPSA) is 99.2 Å². The number of aryl methyl sites for hydroxylation is 2. The zero-order valence-corrected chi connectivity index (χ0v) is 11.9. The van der Waals surface area contributed by atoms with Gasteiger partial charge < -0.3 is 0 Å². The van der Waals surface area contributed by atoms with Crippen molar-refractivity contribution in [3.05, 3.63) is 16.3 Å². The Kier molecular flexibility index (Phi) is 3.59. The summed E-state index contributed by atoms with van der Waals surface area (Å²) in [6.07, 6.45) is 0. The zero-order valence-electron chi connectivity index (χ0n) is 10.4. The van der Waals surface area contributed by atoms with Crippen LogP contribution in [0.3, 0.4) is 0 Å². The van der Waals surface area contributed by atoms with Gasteiger partial charge in [0.1, 0.15) is 5.82 Å². The second kappa shape index (κ2) is 4.89. The number of halogens is 1. The molecule has 0 aliphatic carbocycles. The van der Waals surface area contributed by atoms with Crippen LogP contribution in [0.25, 0.3) is 5.65 Å². The first-order valence-corrected chi connectivity index (χ1v) is 7.72. The number of sulfone groups is 1. The zero-order chi connectivity index (χ0) is 14.2. The maximum absolute atomic E-state index is 12.1. The number of aromatic nitrogens is 5. The lowest BCUT2D eigenvalue weighted by Crippen LogP contribution is -2.31. The third-order valence-corrected chi connectivity index (χ3v) is 4.41. The number of imidazole rings is 1. The summed E-state index contributed by atoms with van der Waals surface area (Å²) < 4.78 is 25.9. The van der Waals surface area contributed by atoms with Gasteiger partial charge in [0.25, 0.3) is 0 Å². The van der Waals surface area contributed by atoms with Crippen LogP contribution >= 0.6 is 11.6 Å². The molecule has 0 aliphatic rings.